The van der Waals surface area contributed by atoms with Gasteiger partial charge in [0.1, 0.15) is 11.5 Å². The Hall–Kier alpha value is -4.18. The second kappa shape index (κ2) is 12.0. The highest BCUT2D eigenvalue weighted by Crippen LogP contribution is 2.39. The summed E-state index contributed by atoms with van der Waals surface area (Å²) in [7, 11) is 1.36. The minimum atomic E-state index is -1.14. The maximum absolute atomic E-state index is 14.4. The third-order valence-electron chi connectivity index (χ3n) is 6.55. The molecule has 0 aliphatic heterocycles. The number of benzene rings is 4. The van der Waals surface area contributed by atoms with Crippen LogP contribution in [0.25, 0.3) is 0 Å². The van der Waals surface area contributed by atoms with Crippen LogP contribution in [0.3, 0.4) is 0 Å². The van der Waals surface area contributed by atoms with Crippen molar-refractivity contribution in [3.8, 4) is 0 Å². The lowest BCUT2D eigenvalue weighted by Gasteiger charge is -2.35. The fraction of sp³-hybridized carbons (Fsp3) is 0.188. The summed E-state index contributed by atoms with van der Waals surface area (Å²) in [4.78, 5) is 27.2. The first kappa shape index (κ1) is 24.9. The molecule has 182 valence electrons. The normalized spacial score (nSPS) is 11.9. The second-order valence-corrected chi connectivity index (χ2v) is 8.78. The monoisotopic (exact) mass is 477 g/mol. The Kier molecular flexibility index (Phi) is 8.30. The lowest BCUT2D eigenvalue weighted by molar-refractivity contribution is -0.145. The summed E-state index contributed by atoms with van der Waals surface area (Å²) >= 11 is 0. The number of hydrogen-bond donors (Lipinski definition) is 1. The number of rotatable bonds is 10. The number of methoxy groups -OCH3 is 1. The first-order valence-electron chi connectivity index (χ1n) is 12.3. The van der Waals surface area contributed by atoms with Crippen LogP contribution in [0.4, 0.5) is 0 Å². The van der Waals surface area contributed by atoms with Crippen molar-refractivity contribution < 1.29 is 14.3 Å². The molecule has 4 aromatic carbocycles. The SMILES string of the molecule is COC(=O)[C@H](CCCc1ccccc1)NC(=O)C(c1ccccc1)(c1ccccc1)c1ccccc1. The molecular formula is C32H31NO3. The van der Waals surface area contributed by atoms with Crippen LogP contribution in [-0.2, 0) is 26.2 Å². The van der Waals surface area contributed by atoms with E-state index >= 15 is 0 Å². The molecule has 1 N–H and O–H groups in total. The van der Waals surface area contributed by atoms with Gasteiger partial charge in [0.05, 0.1) is 7.11 Å². The zero-order chi connectivity index (χ0) is 25.2. The molecule has 0 saturated heterocycles. The molecule has 36 heavy (non-hydrogen) atoms. The van der Waals surface area contributed by atoms with Gasteiger partial charge in [0.15, 0.2) is 0 Å². The van der Waals surface area contributed by atoms with Gasteiger partial charge in [-0.3, -0.25) is 4.79 Å². The van der Waals surface area contributed by atoms with Crippen LogP contribution >= 0.6 is 0 Å². The maximum Gasteiger partial charge on any atom is 0.328 e. The number of esters is 1. The van der Waals surface area contributed by atoms with Crippen LogP contribution in [0, 0.1) is 0 Å². The van der Waals surface area contributed by atoms with Gasteiger partial charge in [-0.05, 0) is 41.5 Å². The molecular weight excluding hydrogens is 446 g/mol. The molecule has 4 nitrogen and oxygen atoms in total. The Morgan fingerprint density at radius 1 is 0.694 bits per heavy atom. The minimum absolute atomic E-state index is 0.263. The second-order valence-electron chi connectivity index (χ2n) is 8.78. The van der Waals surface area contributed by atoms with Crippen molar-refractivity contribution in [3.63, 3.8) is 0 Å². The Balaban J connectivity index is 1.72. The van der Waals surface area contributed by atoms with E-state index in [0.717, 1.165) is 29.5 Å². The van der Waals surface area contributed by atoms with Crippen molar-refractivity contribution in [2.75, 3.05) is 7.11 Å². The van der Waals surface area contributed by atoms with Gasteiger partial charge in [0.25, 0.3) is 0 Å². The van der Waals surface area contributed by atoms with Crippen molar-refractivity contribution in [2.45, 2.75) is 30.7 Å². The Labute approximate surface area is 213 Å². The molecule has 4 heteroatoms. The molecule has 4 aromatic rings. The fourth-order valence-electron chi connectivity index (χ4n) is 4.77. The molecule has 1 atom stereocenters. The molecule has 0 aliphatic carbocycles. The van der Waals surface area contributed by atoms with Crippen molar-refractivity contribution >= 4 is 11.9 Å². The summed E-state index contributed by atoms with van der Waals surface area (Å²) in [6.45, 7) is 0. The number of carbonyl (C=O) groups excluding carboxylic acids is 2. The highest BCUT2D eigenvalue weighted by atomic mass is 16.5. The first-order chi connectivity index (χ1) is 17.7. The van der Waals surface area contributed by atoms with E-state index in [2.05, 4.69) is 17.4 Å². The van der Waals surface area contributed by atoms with Crippen molar-refractivity contribution in [2.24, 2.45) is 0 Å². The van der Waals surface area contributed by atoms with Crippen LogP contribution in [0.5, 0.6) is 0 Å². The lowest BCUT2D eigenvalue weighted by Crippen LogP contribution is -2.52. The standard InChI is InChI=1S/C32H31NO3/c1-36-30(34)29(24-14-17-25-15-6-2-7-16-25)33-31(35)32(26-18-8-3-9-19-26,27-20-10-4-11-21-27)28-22-12-5-13-23-28/h2-13,15-16,18-23,29H,14,17,24H2,1H3,(H,33,35)/t29-/m0/s1. The average molecular weight is 478 g/mol. The van der Waals surface area contributed by atoms with Gasteiger partial charge < -0.3 is 10.1 Å². The third kappa shape index (κ3) is 5.38. The van der Waals surface area contributed by atoms with E-state index in [1.54, 1.807) is 0 Å². The average Bonchev–Trinajstić information content (AvgIpc) is 2.95. The quantitative estimate of drug-likeness (QED) is 0.235. The molecule has 0 spiro atoms. The first-order valence-corrected chi connectivity index (χ1v) is 12.3. The molecule has 0 heterocycles. The number of ether oxygens (including phenoxy) is 1. The van der Waals surface area contributed by atoms with Gasteiger partial charge in [-0.25, -0.2) is 4.79 Å². The molecule has 0 aromatic heterocycles. The summed E-state index contributed by atoms with van der Waals surface area (Å²) in [5.41, 5.74) is 2.53. The van der Waals surface area contributed by atoms with Crippen molar-refractivity contribution in [1.82, 2.24) is 5.32 Å². The predicted octanol–water partition coefficient (Wildman–Crippen LogP) is 5.70. The van der Waals surface area contributed by atoms with Crippen LogP contribution in [0.2, 0.25) is 0 Å². The van der Waals surface area contributed by atoms with E-state index in [1.807, 2.05) is 109 Å². The fourth-order valence-corrected chi connectivity index (χ4v) is 4.77. The van der Waals surface area contributed by atoms with Gasteiger partial charge in [-0.2, -0.15) is 0 Å². The van der Waals surface area contributed by atoms with Gasteiger partial charge in [0, 0.05) is 0 Å². The zero-order valence-electron chi connectivity index (χ0n) is 20.5. The highest BCUT2D eigenvalue weighted by molar-refractivity contribution is 5.98. The van der Waals surface area contributed by atoms with Crippen LogP contribution in [-0.4, -0.2) is 25.0 Å². The van der Waals surface area contributed by atoms with E-state index < -0.39 is 17.4 Å². The minimum Gasteiger partial charge on any atom is -0.467 e. The zero-order valence-corrected chi connectivity index (χ0v) is 20.5. The Bertz CT molecular complexity index is 1150. The Morgan fingerprint density at radius 3 is 1.53 bits per heavy atom. The summed E-state index contributed by atoms with van der Waals surface area (Å²) in [6, 6.07) is 38.5. The van der Waals surface area contributed by atoms with Crippen molar-refractivity contribution in [3.05, 3.63) is 144 Å². The van der Waals surface area contributed by atoms with Gasteiger partial charge in [0.2, 0.25) is 5.91 Å². The van der Waals surface area contributed by atoms with E-state index in [9.17, 15) is 9.59 Å². The predicted molar refractivity (Wildman–Crippen MR) is 143 cm³/mol. The van der Waals surface area contributed by atoms with E-state index in [4.69, 9.17) is 4.74 Å². The number of amides is 1. The van der Waals surface area contributed by atoms with Crippen LogP contribution < -0.4 is 5.32 Å². The van der Waals surface area contributed by atoms with Gasteiger partial charge in [-0.1, -0.05) is 121 Å². The summed E-state index contributed by atoms with van der Waals surface area (Å²) in [5, 5.41) is 3.08. The largest absolute Gasteiger partial charge is 0.467 e. The molecule has 0 unspecified atom stereocenters. The van der Waals surface area contributed by atoms with Crippen LogP contribution in [0.15, 0.2) is 121 Å². The summed E-state index contributed by atoms with van der Waals surface area (Å²) in [6.07, 6.45) is 2.02. The van der Waals surface area contributed by atoms with E-state index in [0.29, 0.717) is 6.42 Å². The maximum atomic E-state index is 14.4. The van der Waals surface area contributed by atoms with Gasteiger partial charge >= 0.3 is 5.97 Å². The number of carbonyl (C=O) groups is 2. The molecule has 4 rings (SSSR count). The number of hydrogen-bond acceptors (Lipinski definition) is 3. The van der Waals surface area contributed by atoms with Crippen molar-refractivity contribution in [1.29, 1.82) is 0 Å². The molecule has 1 amide bonds. The highest BCUT2D eigenvalue weighted by Gasteiger charge is 2.45. The third-order valence-corrected chi connectivity index (χ3v) is 6.55. The Morgan fingerprint density at radius 2 is 1.11 bits per heavy atom. The summed E-state index contributed by atoms with van der Waals surface area (Å²) in [5.74, 6) is -0.708. The molecule has 0 bridgehead atoms. The smallest absolute Gasteiger partial charge is 0.328 e. The molecule has 0 radical (unpaired) electrons. The molecule has 0 aliphatic rings. The number of nitrogens with one attached hydrogen (secondary N) is 1. The van der Waals surface area contributed by atoms with E-state index in [1.165, 1.54) is 12.7 Å². The van der Waals surface area contributed by atoms with Gasteiger partial charge in [-0.15, -0.1) is 0 Å². The van der Waals surface area contributed by atoms with Crippen LogP contribution in [0.1, 0.15) is 35.1 Å². The lowest BCUT2D eigenvalue weighted by atomic mass is 9.68. The molecule has 0 fully saturated rings. The molecule has 0 saturated carbocycles. The van der Waals surface area contributed by atoms with E-state index in [-0.39, 0.29) is 5.91 Å². The summed E-state index contributed by atoms with van der Waals surface area (Å²) < 4.78 is 5.09. The topological polar surface area (TPSA) is 55.4 Å². The number of aryl methyl sites for hydroxylation is 1.